The van der Waals surface area contributed by atoms with Gasteiger partial charge in [0.25, 0.3) is 0 Å². The SMILES string of the molecule is C=C[C@@H](c1ccc2cc(OC)ccc2c1)C(C)(C)CO. The van der Waals surface area contributed by atoms with Crippen molar-refractivity contribution in [3.63, 3.8) is 0 Å². The second-order valence-corrected chi connectivity index (χ2v) is 5.83. The smallest absolute Gasteiger partial charge is 0.119 e. The number of aliphatic hydroxyl groups excluding tert-OH is 1. The van der Waals surface area contributed by atoms with E-state index in [1.165, 1.54) is 10.9 Å². The monoisotopic (exact) mass is 270 g/mol. The second kappa shape index (κ2) is 5.68. The van der Waals surface area contributed by atoms with Crippen molar-refractivity contribution in [1.29, 1.82) is 0 Å². The van der Waals surface area contributed by atoms with E-state index in [9.17, 15) is 5.11 Å². The summed E-state index contributed by atoms with van der Waals surface area (Å²) in [4.78, 5) is 0. The zero-order valence-corrected chi connectivity index (χ0v) is 12.4. The van der Waals surface area contributed by atoms with Crippen LogP contribution in [-0.2, 0) is 0 Å². The van der Waals surface area contributed by atoms with Crippen LogP contribution in [0, 0.1) is 5.41 Å². The average Bonchev–Trinajstić information content (AvgIpc) is 2.47. The Hall–Kier alpha value is -1.80. The molecule has 0 spiro atoms. The highest BCUT2D eigenvalue weighted by Gasteiger charge is 2.27. The van der Waals surface area contributed by atoms with Crippen molar-refractivity contribution in [2.75, 3.05) is 13.7 Å². The molecule has 2 aromatic rings. The topological polar surface area (TPSA) is 29.5 Å². The molecule has 0 unspecified atom stereocenters. The van der Waals surface area contributed by atoms with Crippen molar-refractivity contribution in [3.05, 3.63) is 54.6 Å². The summed E-state index contributed by atoms with van der Waals surface area (Å²) in [5, 5.41) is 11.9. The predicted molar refractivity (Wildman–Crippen MR) is 84.3 cm³/mol. The van der Waals surface area contributed by atoms with Gasteiger partial charge in [-0.25, -0.2) is 0 Å². The molecular formula is C18H22O2. The number of allylic oxidation sites excluding steroid dienone is 1. The first-order chi connectivity index (χ1) is 9.51. The van der Waals surface area contributed by atoms with E-state index in [-0.39, 0.29) is 17.9 Å². The van der Waals surface area contributed by atoms with Crippen molar-refractivity contribution in [1.82, 2.24) is 0 Å². The molecule has 2 aromatic carbocycles. The highest BCUT2D eigenvalue weighted by molar-refractivity contribution is 5.84. The zero-order valence-electron chi connectivity index (χ0n) is 12.4. The Bertz CT molecular complexity index is 614. The minimum Gasteiger partial charge on any atom is -0.497 e. The molecule has 106 valence electrons. The van der Waals surface area contributed by atoms with Gasteiger partial charge in [-0.2, -0.15) is 0 Å². The summed E-state index contributed by atoms with van der Waals surface area (Å²) in [5.41, 5.74) is 0.957. The van der Waals surface area contributed by atoms with Gasteiger partial charge in [0.2, 0.25) is 0 Å². The molecule has 0 saturated carbocycles. The first-order valence-electron chi connectivity index (χ1n) is 6.83. The second-order valence-electron chi connectivity index (χ2n) is 5.83. The predicted octanol–water partition coefficient (Wildman–Crippen LogP) is 4.14. The number of hydrogen-bond acceptors (Lipinski definition) is 2. The lowest BCUT2D eigenvalue weighted by molar-refractivity contribution is 0.145. The van der Waals surface area contributed by atoms with E-state index in [1.54, 1.807) is 7.11 Å². The maximum atomic E-state index is 9.57. The first kappa shape index (κ1) is 14.6. The largest absolute Gasteiger partial charge is 0.497 e. The number of benzene rings is 2. The minimum absolute atomic E-state index is 0.124. The molecule has 20 heavy (non-hydrogen) atoms. The highest BCUT2D eigenvalue weighted by atomic mass is 16.5. The Balaban J connectivity index is 2.48. The van der Waals surface area contributed by atoms with Crippen LogP contribution in [0.5, 0.6) is 5.75 Å². The van der Waals surface area contributed by atoms with Crippen molar-refractivity contribution >= 4 is 10.8 Å². The number of methoxy groups -OCH3 is 1. The van der Waals surface area contributed by atoms with E-state index in [0.29, 0.717) is 0 Å². The molecule has 0 fully saturated rings. The molecule has 1 N–H and O–H groups in total. The van der Waals surface area contributed by atoms with Gasteiger partial charge in [0, 0.05) is 12.5 Å². The van der Waals surface area contributed by atoms with E-state index in [4.69, 9.17) is 4.74 Å². The number of aliphatic hydroxyl groups is 1. The number of fused-ring (bicyclic) bond motifs is 1. The van der Waals surface area contributed by atoms with Gasteiger partial charge in [-0.3, -0.25) is 0 Å². The van der Waals surface area contributed by atoms with Gasteiger partial charge in [0.05, 0.1) is 7.11 Å². The Labute approximate surface area is 120 Å². The van der Waals surface area contributed by atoms with Crippen molar-refractivity contribution in [2.24, 2.45) is 5.41 Å². The lowest BCUT2D eigenvalue weighted by atomic mass is 9.75. The first-order valence-corrected chi connectivity index (χ1v) is 6.83. The normalized spacial score (nSPS) is 13.2. The summed E-state index contributed by atoms with van der Waals surface area (Å²) in [6, 6.07) is 12.4. The Morgan fingerprint density at radius 3 is 2.45 bits per heavy atom. The van der Waals surface area contributed by atoms with Gasteiger partial charge in [0.1, 0.15) is 5.75 Å². The average molecular weight is 270 g/mol. The van der Waals surface area contributed by atoms with Gasteiger partial charge in [0.15, 0.2) is 0 Å². The van der Waals surface area contributed by atoms with Crippen LogP contribution in [0.2, 0.25) is 0 Å². The van der Waals surface area contributed by atoms with Crippen LogP contribution in [0.3, 0.4) is 0 Å². The maximum absolute atomic E-state index is 9.57. The summed E-state index contributed by atoms with van der Waals surface area (Å²) < 4.78 is 5.24. The molecule has 2 rings (SSSR count). The third-order valence-corrected chi connectivity index (χ3v) is 3.92. The van der Waals surface area contributed by atoms with Crippen LogP contribution >= 0.6 is 0 Å². The molecule has 0 radical (unpaired) electrons. The van der Waals surface area contributed by atoms with E-state index < -0.39 is 0 Å². The van der Waals surface area contributed by atoms with E-state index in [1.807, 2.05) is 18.2 Å². The highest BCUT2D eigenvalue weighted by Crippen LogP contribution is 2.37. The summed E-state index contributed by atoms with van der Waals surface area (Å²) in [5.74, 6) is 0.986. The molecular weight excluding hydrogens is 248 g/mol. The fourth-order valence-corrected chi connectivity index (χ4v) is 2.57. The third kappa shape index (κ3) is 2.70. The standard InChI is InChI=1S/C18H22O2/c1-5-17(18(2,3)12-19)15-7-6-14-11-16(20-4)9-8-13(14)10-15/h5-11,17,19H,1,12H2,2-4H3/t17-/m0/s1. The summed E-state index contributed by atoms with van der Waals surface area (Å²) >= 11 is 0. The Kier molecular flexibility index (Phi) is 4.15. The van der Waals surface area contributed by atoms with Crippen LogP contribution < -0.4 is 4.74 Å². The van der Waals surface area contributed by atoms with Crippen LogP contribution in [-0.4, -0.2) is 18.8 Å². The van der Waals surface area contributed by atoms with E-state index in [2.05, 4.69) is 44.7 Å². The van der Waals surface area contributed by atoms with Gasteiger partial charge >= 0.3 is 0 Å². The van der Waals surface area contributed by atoms with Crippen molar-refractivity contribution < 1.29 is 9.84 Å². The Morgan fingerprint density at radius 1 is 1.20 bits per heavy atom. The molecule has 0 saturated heterocycles. The number of ether oxygens (including phenoxy) is 1. The number of rotatable bonds is 5. The van der Waals surface area contributed by atoms with Gasteiger partial charge in [-0.05, 0) is 33.9 Å². The van der Waals surface area contributed by atoms with Crippen molar-refractivity contribution in [2.45, 2.75) is 19.8 Å². The molecule has 0 aromatic heterocycles. The lowest BCUT2D eigenvalue weighted by Crippen LogP contribution is -2.24. The fraction of sp³-hybridized carbons (Fsp3) is 0.333. The zero-order chi connectivity index (χ0) is 14.8. The summed E-state index contributed by atoms with van der Waals surface area (Å²) in [6.45, 7) is 8.16. The molecule has 0 heterocycles. The Morgan fingerprint density at radius 2 is 1.85 bits per heavy atom. The molecule has 1 atom stereocenters. The summed E-state index contributed by atoms with van der Waals surface area (Å²) in [7, 11) is 1.67. The molecule has 0 aliphatic rings. The maximum Gasteiger partial charge on any atom is 0.119 e. The molecule has 2 heteroatoms. The fourth-order valence-electron chi connectivity index (χ4n) is 2.57. The van der Waals surface area contributed by atoms with Gasteiger partial charge in [-0.1, -0.05) is 44.2 Å². The molecule has 0 aliphatic heterocycles. The van der Waals surface area contributed by atoms with Crippen molar-refractivity contribution in [3.8, 4) is 5.75 Å². The van der Waals surface area contributed by atoms with Crippen LogP contribution in [0.4, 0.5) is 0 Å². The lowest BCUT2D eigenvalue weighted by Gasteiger charge is -2.30. The summed E-state index contributed by atoms with van der Waals surface area (Å²) in [6.07, 6.45) is 1.92. The van der Waals surface area contributed by atoms with Crippen LogP contribution in [0.1, 0.15) is 25.3 Å². The van der Waals surface area contributed by atoms with Crippen LogP contribution in [0.25, 0.3) is 10.8 Å². The minimum atomic E-state index is -0.220. The van der Waals surface area contributed by atoms with Crippen LogP contribution in [0.15, 0.2) is 49.1 Å². The molecule has 0 bridgehead atoms. The van der Waals surface area contributed by atoms with E-state index in [0.717, 1.165) is 11.1 Å². The molecule has 2 nitrogen and oxygen atoms in total. The quantitative estimate of drug-likeness (QED) is 0.827. The van der Waals surface area contributed by atoms with E-state index >= 15 is 0 Å². The molecule has 0 amide bonds. The van der Waals surface area contributed by atoms with Gasteiger partial charge in [-0.15, -0.1) is 6.58 Å². The van der Waals surface area contributed by atoms with Gasteiger partial charge < -0.3 is 9.84 Å². The molecule has 0 aliphatic carbocycles. The third-order valence-electron chi connectivity index (χ3n) is 3.92. The number of hydrogen-bond donors (Lipinski definition) is 1.